The minimum Gasteiger partial charge on any atom is -0.497 e. The molecule has 0 spiro atoms. The molecule has 2 aliphatic rings. The van der Waals surface area contributed by atoms with Gasteiger partial charge in [-0.15, -0.1) is 0 Å². The lowest BCUT2D eigenvalue weighted by atomic mass is 9.99. The van der Waals surface area contributed by atoms with E-state index in [2.05, 4.69) is 47.4 Å². The normalized spacial score (nSPS) is 27.5. The van der Waals surface area contributed by atoms with Gasteiger partial charge in [0, 0.05) is 31.1 Å². The second-order valence-corrected chi connectivity index (χ2v) is 6.07. The van der Waals surface area contributed by atoms with E-state index >= 15 is 0 Å². The summed E-state index contributed by atoms with van der Waals surface area (Å²) in [5, 5.41) is 3.79. The lowest BCUT2D eigenvalue weighted by molar-refractivity contribution is 0.396. The van der Waals surface area contributed by atoms with Crippen molar-refractivity contribution in [2.45, 2.75) is 31.8 Å². The molecule has 0 bridgehead atoms. The molecule has 1 aromatic carbocycles. The quantitative estimate of drug-likeness (QED) is 0.741. The third-order valence-corrected chi connectivity index (χ3v) is 4.57. The van der Waals surface area contributed by atoms with Crippen LogP contribution in [-0.2, 0) is 0 Å². The number of hydrogen-bond acceptors (Lipinski definition) is 4. The van der Waals surface area contributed by atoms with Gasteiger partial charge in [-0.1, -0.05) is 12.1 Å². The summed E-state index contributed by atoms with van der Waals surface area (Å²) in [5.74, 6) is 2.40. The van der Waals surface area contributed by atoms with Gasteiger partial charge in [-0.25, -0.2) is 0 Å². The Morgan fingerprint density at radius 2 is 2.05 bits per heavy atom. The first kappa shape index (κ1) is 13.9. The maximum Gasteiger partial charge on any atom is 0.118 e. The number of nitrogens with one attached hydrogen (secondary N) is 3. The van der Waals surface area contributed by atoms with Gasteiger partial charge < -0.3 is 10.1 Å². The molecule has 3 atom stereocenters. The molecule has 4 heteroatoms. The predicted molar refractivity (Wildman–Crippen MR) is 80.6 cm³/mol. The van der Waals surface area contributed by atoms with E-state index in [0.717, 1.165) is 24.8 Å². The van der Waals surface area contributed by atoms with Gasteiger partial charge in [0.1, 0.15) is 5.75 Å². The van der Waals surface area contributed by atoms with E-state index in [9.17, 15) is 0 Å². The van der Waals surface area contributed by atoms with E-state index in [0.29, 0.717) is 18.0 Å². The summed E-state index contributed by atoms with van der Waals surface area (Å²) in [6, 6.07) is 9.56. The Kier molecular flexibility index (Phi) is 4.24. The minimum absolute atomic E-state index is 0.494. The number of methoxy groups -OCH3 is 1. The summed E-state index contributed by atoms with van der Waals surface area (Å²) in [6.45, 7) is 4.36. The lowest BCUT2D eigenvalue weighted by Crippen LogP contribution is -2.34. The SMILES string of the molecule is COc1ccc(C(NCC2CNNC2C)C2CC2)cc1. The summed E-state index contributed by atoms with van der Waals surface area (Å²) >= 11 is 0. The first-order valence-electron chi connectivity index (χ1n) is 7.63. The fourth-order valence-corrected chi connectivity index (χ4v) is 2.97. The van der Waals surface area contributed by atoms with Gasteiger partial charge in [-0.05, 0) is 43.4 Å². The van der Waals surface area contributed by atoms with Crippen LogP contribution >= 0.6 is 0 Å². The van der Waals surface area contributed by atoms with Gasteiger partial charge in [0.05, 0.1) is 7.11 Å². The molecule has 2 fully saturated rings. The number of hydrazine groups is 1. The maximum absolute atomic E-state index is 5.24. The summed E-state index contributed by atoms with van der Waals surface area (Å²) in [6.07, 6.45) is 2.70. The monoisotopic (exact) mass is 275 g/mol. The Balaban J connectivity index is 1.62. The number of ether oxygens (including phenoxy) is 1. The van der Waals surface area contributed by atoms with Crippen LogP contribution in [0.3, 0.4) is 0 Å². The van der Waals surface area contributed by atoms with Crippen LogP contribution in [0.1, 0.15) is 31.4 Å². The molecule has 1 heterocycles. The average Bonchev–Trinajstić information content (AvgIpc) is 3.23. The molecule has 3 unspecified atom stereocenters. The molecule has 1 aliphatic carbocycles. The molecule has 4 nitrogen and oxygen atoms in total. The van der Waals surface area contributed by atoms with E-state index in [4.69, 9.17) is 4.74 Å². The zero-order chi connectivity index (χ0) is 13.9. The Morgan fingerprint density at radius 1 is 1.30 bits per heavy atom. The summed E-state index contributed by atoms with van der Waals surface area (Å²) in [7, 11) is 1.72. The van der Waals surface area contributed by atoms with Crippen molar-refractivity contribution < 1.29 is 4.74 Å². The van der Waals surface area contributed by atoms with Crippen LogP contribution in [0, 0.1) is 11.8 Å². The van der Waals surface area contributed by atoms with Gasteiger partial charge in [0.25, 0.3) is 0 Å². The van der Waals surface area contributed by atoms with Crippen molar-refractivity contribution in [1.82, 2.24) is 16.2 Å². The Labute approximate surface area is 121 Å². The van der Waals surface area contributed by atoms with Crippen LogP contribution in [0.25, 0.3) is 0 Å². The van der Waals surface area contributed by atoms with Crippen LogP contribution in [0.2, 0.25) is 0 Å². The van der Waals surface area contributed by atoms with Crippen LogP contribution in [0.5, 0.6) is 5.75 Å². The standard InChI is InChI=1S/C16H25N3O/c1-11-14(10-18-19-11)9-17-16(12-3-4-12)13-5-7-15(20-2)8-6-13/h5-8,11-12,14,16-19H,3-4,9-10H2,1-2H3. The van der Waals surface area contributed by atoms with Crippen molar-refractivity contribution in [3.8, 4) is 5.75 Å². The van der Waals surface area contributed by atoms with Crippen molar-refractivity contribution >= 4 is 0 Å². The molecule has 20 heavy (non-hydrogen) atoms. The molecule has 1 aromatic rings. The third-order valence-electron chi connectivity index (χ3n) is 4.57. The molecule has 0 aromatic heterocycles. The smallest absolute Gasteiger partial charge is 0.118 e. The van der Waals surface area contributed by atoms with Crippen LogP contribution in [0.4, 0.5) is 0 Å². The van der Waals surface area contributed by atoms with Crippen LogP contribution < -0.4 is 20.9 Å². The van der Waals surface area contributed by atoms with Gasteiger partial charge >= 0.3 is 0 Å². The fraction of sp³-hybridized carbons (Fsp3) is 0.625. The van der Waals surface area contributed by atoms with Crippen molar-refractivity contribution in [3.05, 3.63) is 29.8 Å². The zero-order valence-corrected chi connectivity index (χ0v) is 12.4. The van der Waals surface area contributed by atoms with E-state index in [1.807, 2.05) is 0 Å². The second-order valence-electron chi connectivity index (χ2n) is 6.07. The van der Waals surface area contributed by atoms with Crippen molar-refractivity contribution in [3.63, 3.8) is 0 Å². The third kappa shape index (κ3) is 3.14. The van der Waals surface area contributed by atoms with E-state index in [1.165, 1.54) is 18.4 Å². The van der Waals surface area contributed by atoms with Crippen molar-refractivity contribution in [2.24, 2.45) is 11.8 Å². The maximum atomic E-state index is 5.24. The molecule has 0 amide bonds. The molecule has 110 valence electrons. The minimum atomic E-state index is 0.494. The summed E-state index contributed by atoms with van der Waals surface area (Å²) in [4.78, 5) is 0. The Morgan fingerprint density at radius 3 is 2.60 bits per heavy atom. The highest BCUT2D eigenvalue weighted by Gasteiger charge is 2.33. The van der Waals surface area contributed by atoms with Gasteiger partial charge in [0.15, 0.2) is 0 Å². The number of hydrogen-bond donors (Lipinski definition) is 3. The zero-order valence-electron chi connectivity index (χ0n) is 12.4. The first-order valence-corrected chi connectivity index (χ1v) is 7.63. The molecule has 1 saturated heterocycles. The van der Waals surface area contributed by atoms with E-state index < -0.39 is 0 Å². The van der Waals surface area contributed by atoms with Gasteiger partial charge in [-0.2, -0.15) is 0 Å². The van der Waals surface area contributed by atoms with Gasteiger partial charge in [-0.3, -0.25) is 10.9 Å². The molecule has 1 aliphatic heterocycles. The topological polar surface area (TPSA) is 45.3 Å². The second kappa shape index (κ2) is 6.12. The largest absolute Gasteiger partial charge is 0.497 e. The molecule has 1 saturated carbocycles. The van der Waals surface area contributed by atoms with Crippen LogP contribution in [-0.4, -0.2) is 26.2 Å². The number of rotatable bonds is 6. The highest BCUT2D eigenvalue weighted by atomic mass is 16.5. The number of benzene rings is 1. The van der Waals surface area contributed by atoms with E-state index in [-0.39, 0.29) is 0 Å². The molecule has 3 N–H and O–H groups in total. The first-order chi connectivity index (χ1) is 9.78. The summed E-state index contributed by atoms with van der Waals surface area (Å²) < 4.78 is 5.24. The highest BCUT2D eigenvalue weighted by Crippen LogP contribution is 2.41. The average molecular weight is 275 g/mol. The Hall–Kier alpha value is -1.10. The van der Waals surface area contributed by atoms with Crippen molar-refractivity contribution in [1.29, 1.82) is 0 Å². The van der Waals surface area contributed by atoms with Gasteiger partial charge in [0.2, 0.25) is 0 Å². The highest BCUT2D eigenvalue weighted by molar-refractivity contribution is 5.30. The molecule has 0 radical (unpaired) electrons. The van der Waals surface area contributed by atoms with E-state index in [1.54, 1.807) is 7.11 Å². The molecular weight excluding hydrogens is 250 g/mol. The van der Waals surface area contributed by atoms with Crippen LogP contribution in [0.15, 0.2) is 24.3 Å². The molecule has 3 rings (SSSR count). The fourth-order valence-electron chi connectivity index (χ4n) is 2.97. The predicted octanol–water partition coefficient (Wildman–Crippen LogP) is 1.85. The van der Waals surface area contributed by atoms with Crippen molar-refractivity contribution in [2.75, 3.05) is 20.2 Å². The Bertz CT molecular complexity index is 430. The molecular formula is C16H25N3O. The lowest BCUT2D eigenvalue weighted by Gasteiger charge is -2.22. The summed E-state index contributed by atoms with van der Waals surface area (Å²) in [5.41, 5.74) is 7.91.